The molecule has 0 unspecified atom stereocenters. The fraction of sp³-hybridized carbons (Fsp3) is 0.273. The molecule has 1 aromatic carbocycles. The number of aliphatic carboxylic acids is 2. The Morgan fingerprint density at radius 1 is 1.22 bits per heavy atom. The summed E-state index contributed by atoms with van der Waals surface area (Å²) >= 11 is 0. The van der Waals surface area contributed by atoms with Crippen LogP contribution in [0.5, 0.6) is 0 Å². The van der Waals surface area contributed by atoms with Crippen LogP contribution in [0.15, 0.2) is 12.1 Å². The lowest BCUT2D eigenvalue weighted by Gasteiger charge is -2.06. The van der Waals surface area contributed by atoms with Gasteiger partial charge in [0.05, 0.1) is 17.8 Å². The molecule has 96 valence electrons. The van der Waals surface area contributed by atoms with Gasteiger partial charge in [-0.3, -0.25) is 19.7 Å². The van der Waals surface area contributed by atoms with E-state index in [1.165, 1.54) is 19.1 Å². The normalized spacial score (nSPS) is 10.1. The van der Waals surface area contributed by atoms with Crippen LogP contribution >= 0.6 is 0 Å². The van der Waals surface area contributed by atoms with Crippen LogP contribution in [0.25, 0.3) is 0 Å². The lowest BCUT2D eigenvalue weighted by atomic mass is 9.99. The van der Waals surface area contributed by atoms with E-state index in [0.29, 0.717) is 5.56 Å². The second-order valence-corrected chi connectivity index (χ2v) is 3.82. The van der Waals surface area contributed by atoms with E-state index in [0.717, 1.165) is 0 Å². The Kier molecular flexibility index (Phi) is 3.98. The zero-order valence-corrected chi connectivity index (χ0v) is 9.54. The number of nitro groups is 1. The largest absolute Gasteiger partial charge is 0.481 e. The third-order valence-corrected chi connectivity index (χ3v) is 2.32. The molecule has 0 aliphatic rings. The summed E-state index contributed by atoms with van der Waals surface area (Å²) in [4.78, 5) is 31.4. The number of carboxylic acid groups (broad SMARTS) is 2. The van der Waals surface area contributed by atoms with E-state index in [9.17, 15) is 19.7 Å². The molecule has 1 aromatic rings. The van der Waals surface area contributed by atoms with Crippen LogP contribution in [-0.2, 0) is 22.4 Å². The molecular weight excluding hydrogens is 242 g/mol. The van der Waals surface area contributed by atoms with Gasteiger partial charge in [-0.1, -0.05) is 0 Å². The van der Waals surface area contributed by atoms with Gasteiger partial charge in [-0.15, -0.1) is 0 Å². The Morgan fingerprint density at radius 3 is 2.22 bits per heavy atom. The zero-order valence-electron chi connectivity index (χ0n) is 9.54. The van der Waals surface area contributed by atoms with Crippen LogP contribution in [0, 0.1) is 17.0 Å². The molecule has 0 atom stereocenters. The van der Waals surface area contributed by atoms with E-state index in [2.05, 4.69) is 0 Å². The summed E-state index contributed by atoms with van der Waals surface area (Å²) < 4.78 is 0. The molecule has 0 saturated carbocycles. The molecule has 0 heterocycles. The first-order valence-electron chi connectivity index (χ1n) is 5.01. The quantitative estimate of drug-likeness (QED) is 0.600. The van der Waals surface area contributed by atoms with Gasteiger partial charge in [0.25, 0.3) is 5.69 Å². The van der Waals surface area contributed by atoms with E-state index >= 15 is 0 Å². The van der Waals surface area contributed by atoms with Crippen LogP contribution < -0.4 is 0 Å². The number of hydrogen-bond acceptors (Lipinski definition) is 4. The smallest absolute Gasteiger partial charge is 0.308 e. The average molecular weight is 253 g/mol. The van der Waals surface area contributed by atoms with Gasteiger partial charge >= 0.3 is 11.9 Å². The summed E-state index contributed by atoms with van der Waals surface area (Å²) in [6, 6.07) is 2.64. The highest BCUT2D eigenvalue weighted by atomic mass is 16.6. The monoisotopic (exact) mass is 253 g/mol. The Hall–Kier alpha value is -2.44. The first-order valence-corrected chi connectivity index (χ1v) is 5.01. The lowest BCUT2D eigenvalue weighted by Crippen LogP contribution is -2.08. The van der Waals surface area contributed by atoms with Gasteiger partial charge in [0, 0.05) is 11.1 Å². The number of aryl methyl sites for hydroxylation is 1. The molecule has 18 heavy (non-hydrogen) atoms. The number of benzene rings is 1. The van der Waals surface area contributed by atoms with E-state index < -0.39 is 23.3 Å². The van der Waals surface area contributed by atoms with Gasteiger partial charge in [-0.2, -0.15) is 0 Å². The van der Waals surface area contributed by atoms with Crippen molar-refractivity contribution in [3.8, 4) is 0 Å². The van der Waals surface area contributed by atoms with Crippen LogP contribution in [-0.4, -0.2) is 27.1 Å². The molecule has 0 aromatic heterocycles. The Balaban J connectivity index is 3.31. The first kappa shape index (κ1) is 13.6. The van der Waals surface area contributed by atoms with Crippen molar-refractivity contribution in [1.82, 2.24) is 0 Å². The first-order chi connectivity index (χ1) is 8.31. The van der Waals surface area contributed by atoms with Crippen molar-refractivity contribution in [3.05, 3.63) is 38.9 Å². The second kappa shape index (κ2) is 5.26. The van der Waals surface area contributed by atoms with Crippen molar-refractivity contribution < 1.29 is 24.7 Å². The third-order valence-electron chi connectivity index (χ3n) is 2.32. The maximum absolute atomic E-state index is 10.9. The molecule has 0 bridgehead atoms. The van der Waals surface area contributed by atoms with Crippen molar-refractivity contribution in [3.63, 3.8) is 0 Å². The molecule has 0 aliphatic carbocycles. The molecule has 1 rings (SSSR count). The predicted octanol–water partition coefficient (Wildman–Crippen LogP) is 1.16. The highest BCUT2D eigenvalue weighted by molar-refractivity contribution is 5.74. The number of hydrogen-bond donors (Lipinski definition) is 2. The number of nitro benzene ring substituents is 1. The van der Waals surface area contributed by atoms with E-state index in [4.69, 9.17) is 10.2 Å². The van der Waals surface area contributed by atoms with Crippen LogP contribution in [0.2, 0.25) is 0 Å². The molecule has 0 amide bonds. The van der Waals surface area contributed by atoms with Crippen molar-refractivity contribution in [2.75, 3.05) is 0 Å². The topological polar surface area (TPSA) is 118 Å². The zero-order chi connectivity index (χ0) is 13.9. The fourth-order valence-electron chi connectivity index (χ4n) is 1.77. The van der Waals surface area contributed by atoms with E-state index in [-0.39, 0.29) is 23.2 Å². The maximum Gasteiger partial charge on any atom is 0.308 e. The summed E-state index contributed by atoms with van der Waals surface area (Å²) in [7, 11) is 0. The Morgan fingerprint density at radius 2 is 1.78 bits per heavy atom. The molecule has 2 N–H and O–H groups in total. The summed E-state index contributed by atoms with van der Waals surface area (Å²) in [5, 5.41) is 28.2. The SMILES string of the molecule is Cc1cc(CC(=O)O)cc(CC(=O)O)c1[N+](=O)[O-]. The Bertz CT molecular complexity index is 523. The molecular formula is C11H11NO6. The Labute approximate surface area is 102 Å². The van der Waals surface area contributed by atoms with Gasteiger partial charge in [0.2, 0.25) is 0 Å². The molecule has 0 radical (unpaired) electrons. The minimum absolute atomic E-state index is 0.0174. The molecule has 7 nitrogen and oxygen atoms in total. The minimum Gasteiger partial charge on any atom is -0.481 e. The van der Waals surface area contributed by atoms with Gasteiger partial charge < -0.3 is 10.2 Å². The van der Waals surface area contributed by atoms with Crippen molar-refractivity contribution in [2.45, 2.75) is 19.8 Å². The third kappa shape index (κ3) is 3.27. The fourth-order valence-corrected chi connectivity index (χ4v) is 1.77. The van der Waals surface area contributed by atoms with Crippen molar-refractivity contribution in [2.24, 2.45) is 0 Å². The average Bonchev–Trinajstić information content (AvgIpc) is 2.12. The lowest BCUT2D eigenvalue weighted by molar-refractivity contribution is -0.386. The van der Waals surface area contributed by atoms with Crippen LogP contribution in [0.3, 0.4) is 0 Å². The molecule has 7 heteroatoms. The predicted molar refractivity (Wildman–Crippen MR) is 60.5 cm³/mol. The van der Waals surface area contributed by atoms with Crippen molar-refractivity contribution >= 4 is 17.6 Å². The van der Waals surface area contributed by atoms with Gasteiger partial charge in [0.1, 0.15) is 0 Å². The summed E-state index contributed by atoms with van der Waals surface area (Å²) in [6.45, 7) is 1.45. The summed E-state index contributed by atoms with van der Waals surface area (Å²) in [6.07, 6.45) is -0.809. The minimum atomic E-state index is -1.20. The van der Waals surface area contributed by atoms with Crippen LogP contribution in [0.1, 0.15) is 16.7 Å². The summed E-state index contributed by atoms with van der Waals surface area (Å²) in [5.74, 6) is -2.28. The van der Waals surface area contributed by atoms with Crippen LogP contribution in [0.4, 0.5) is 5.69 Å². The van der Waals surface area contributed by atoms with E-state index in [1.807, 2.05) is 0 Å². The number of carboxylic acids is 2. The van der Waals surface area contributed by atoms with E-state index in [1.54, 1.807) is 0 Å². The van der Waals surface area contributed by atoms with Crippen molar-refractivity contribution in [1.29, 1.82) is 0 Å². The number of rotatable bonds is 5. The molecule has 0 aliphatic heterocycles. The molecule has 0 saturated heterocycles. The standard InChI is InChI=1S/C11H11NO6/c1-6-2-7(4-9(13)14)3-8(5-10(15)16)11(6)12(17)18/h2-3H,4-5H2,1H3,(H,13,14)(H,15,16). The molecule has 0 spiro atoms. The number of nitrogens with zero attached hydrogens (tertiary/aromatic N) is 1. The van der Waals surface area contributed by atoms with Gasteiger partial charge in [-0.25, -0.2) is 0 Å². The van der Waals surface area contributed by atoms with Gasteiger partial charge in [0.15, 0.2) is 0 Å². The van der Waals surface area contributed by atoms with Gasteiger partial charge in [-0.05, 0) is 24.6 Å². The highest BCUT2D eigenvalue weighted by Gasteiger charge is 2.21. The second-order valence-electron chi connectivity index (χ2n) is 3.82. The highest BCUT2D eigenvalue weighted by Crippen LogP contribution is 2.26. The number of carbonyl (C=O) groups is 2. The molecule has 0 fully saturated rings. The summed E-state index contributed by atoms with van der Waals surface area (Å²) in [5.41, 5.74) is 0.354. The maximum atomic E-state index is 10.9.